The molecule has 0 bridgehead atoms. The minimum Gasteiger partial charge on any atom is -0.265 e. The molecule has 15 heavy (non-hydrogen) atoms. The van der Waals surface area contributed by atoms with Crippen molar-refractivity contribution in [3.63, 3.8) is 0 Å². The van der Waals surface area contributed by atoms with Crippen LogP contribution in [0.15, 0.2) is 24.5 Å². The standard InChI is InChI=1S/C9H4Cl3N3/c10-6-7(11)14-9(15-8(6)12)5-1-3-13-4-2-5/h1-4H. The zero-order valence-electron chi connectivity index (χ0n) is 7.28. The van der Waals surface area contributed by atoms with Gasteiger partial charge in [0.05, 0.1) is 0 Å². The van der Waals surface area contributed by atoms with Gasteiger partial charge in [0.15, 0.2) is 16.1 Å². The lowest BCUT2D eigenvalue weighted by molar-refractivity contribution is 1.17. The van der Waals surface area contributed by atoms with Crippen LogP contribution >= 0.6 is 34.8 Å². The molecule has 2 heterocycles. The van der Waals surface area contributed by atoms with E-state index in [1.807, 2.05) is 0 Å². The molecule has 2 aromatic rings. The fraction of sp³-hybridized carbons (Fsp3) is 0. The Balaban J connectivity index is 2.56. The van der Waals surface area contributed by atoms with Crippen molar-refractivity contribution in [2.75, 3.05) is 0 Å². The number of hydrogen-bond acceptors (Lipinski definition) is 3. The average Bonchev–Trinajstić information content (AvgIpc) is 2.26. The first-order valence-corrected chi connectivity index (χ1v) is 5.11. The molecule has 0 spiro atoms. The predicted molar refractivity (Wildman–Crippen MR) is 60.3 cm³/mol. The van der Waals surface area contributed by atoms with Gasteiger partial charge in [-0.1, -0.05) is 34.8 Å². The summed E-state index contributed by atoms with van der Waals surface area (Å²) >= 11 is 17.3. The van der Waals surface area contributed by atoms with E-state index in [-0.39, 0.29) is 15.3 Å². The zero-order valence-corrected chi connectivity index (χ0v) is 9.55. The third kappa shape index (κ3) is 2.20. The van der Waals surface area contributed by atoms with Gasteiger partial charge in [0, 0.05) is 18.0 Å². The number of nitrogens with zero attached hydrogens (tertiary/aromatic N) is 3. The van der Waals surface area contributed by atoms with Crippen molar-refractivity contribution in [1.29, 1.82) is 0 Å². The van der Waals surface area contributed by atoms with E-state index in [1.54, 1.807) is 24.5 Å². The van der Waals surface area contributed by atoms with E-state index < -0.39 is 0 Å². The van der Waals surface area contributed by atoms with Crippen LogP contribution in [0.5, 0.6) is 0 Å². The Kier molecular flexibility index (Phi) is 3.05. The van der Waals surface area contributed by atoms with Gasteiger partial charge in [-0.15, -0.1) is 0 Å². The van der Waals surface area contributed by atoms with Crippen LogP contribution in [0.4, 0.5) is 0 Å². The fourth-order valence-corrected chi connectivity index (χ4v) is 1.50. The van der Waals surface area contributed by atoms with Gasteiger partial charge in [0.25, 0.3) is 0 Å². The summed E-state index contributed by atoms with van der Waals surface area (Å²) in [5.41, 5.74) is 0.783. The zero-order chi connectivity index (χ0) is 10.8. The number of rotatable bonds is 1. The van der Waals surface area contributed by atoms with E-state index in [4.69, 9.17) is 34.8 Å². The lowest BCUT2D eigenvalue weighted by Crippen LogP contribution is -1.91. The van der Waals surface area contributed by atoms with E-state index in [9.17, 15) is 0 Å². The molecule has 2 aromatic heterocycles. The van der Waals surface area contributed by atoms with E-state index in [1.165, 1.54) is 0 Å². The first kappa shape index (κ1) is 10.6. The van der Waals surface area contributed by atoms with Crippen LogP contribution in [0, 0.1) is 0 Å². The maximum absolute atomic E-state index is 5.79. The third-order valence-corrected chi connectivity index (χ3v) is 2.81. The van der Waals surface area contributed by atoms with Crippen molar-refractivity contribution in [3.8, 4) is 11.4 Å². The van der Waals surface area contributed by atoms with Gasteiger partial charge in [-0.05, 0) is 12.1 Å². The van der Waals surface area contributed by atoms with Gasteiger partial charge in [0.1, 0.15) is 5.02 Å². The Morgan fingerprint density at radius 2 is 1.40 bits per heavy atom. The van der Waals surface area contributed by atoms with Gasteiger partial charge in [-0.2, -0.15) is 0 Å². The molecule has 2 rings (SSSR count). The SMILES string of the molecule is Clc1nc(-c2ccncc2)nc(Cl)c1Cl. The smallest absolute Gasteiger partial charge is 0.162 e. The van der Waals surface area contributed by atoms with E-state index in [0.29, 0.717) is 5.82 Å². The summed E-state index contributed by atoms with van der Waals surface area (Å²) in [6.07, 6.45) is 3.27. The monoisotopic (exact) mass is 259 g/mol. The van der Waals surface area contributed by atoms with Crippen molar-refractivity contribution in [2.45, 2.75) is 0 Å². The highest BCUT2D eigenvalue weighted by atomic mass is 35.5. The van der Waals surface area contributed by atoms with E-state index >= 15 is 0 Å². The summed E-state index contributed by atoms with van der Waals surface area (Å²) < 4.78 is 0. The lowest BCUT2D eigenvalue weighted by atomic mass is 10.2. The van der Waals surface area contributed by atoms with Crippen LogP contribution in [0.25, 0.3) is 11.4 Å². The predicted octanol–water partition coefficient (Wildman–Crippen LogP) is 3.50. The van der Waals surface area contributed by atoms with Crippen molar-refractivity contribution in [3.05, 3.63) is 39.9 Å². The molecule has 0 radical (unpaired) electrons. The van der Waals surface area contributed by atoms with Gasteiger partial charge in [-0.3, -0.25) is 4.98 Å². The van der Waals surface area contributed by atoms with E-state index in [0.717, 1.165) is 5.56 Å². The maximum Gasteiger partial charge on any atom is 0.162 e. The Hall–Kier alpha value is -0.900. The quantitative estimate of drug-likeness (QED) is 0.737. The molecule has 0 amide bonds. The van der Waals surface area contributed by atoms with Crippen LogP contribution in [0.1, 0.15) is 0 Å². The molecule has 0 aliphatic carbocycles. The maximum atomic E-state index is 5.79. The largest absolute Gasteiger partial charge is 0.265 e. The molecular formula is C9H4Cl3N3. The average molecular weight is 261 g/mol. The Labute approximate surface area is 101 Å². The molecule has 0 atom stereocenters. The summed E-state index contributed by atoms with van der Waals surface area (Å²) in [6, 6.07) is 3.52. The van der Waals surface area contributed by atoms with Crippen LogP contribution in [-0.4, -0.2) is 15.0 Å². The normalized spacial score (nSPS) is 10.3. The molecule has 6 heteroatoms. The first-order valence-electron chi connectivity index (χ1n) is 3.97. The highest BCUT2D eigenvalue weighted by Gasteiger charge is 2.10. The molecule has 3 nitrogen and oxygen atoms in total. The Bertz CT molecular complexity index is 464. The molecular weight excluding hydrogens is 256 g/mol. The van der Waals surface area contributed by atoms with Crippen LogP contribution in [0.2, 0.25) is 15.3 Å². The second-order valence-corrected chi connectivity index (χ2v) is 3.77. The molecule has 0 unspecified atom stereocenters. The molecule has 0 N–H and O–H groups in total. The number of hydrogen-bond donors (Lipinski definition) is 0. The second-order valence-electron chi connectivity index (χ2n) is 2.68. The summed E-state index contributed by atoms with van der Waals surface area (Å²) in [6.45, 7) is 0. The van der Waals surface area contributed by atoms with Gasteiger partial charge < -0.3 is 0 Å². The lowest BCUT2D eigenvalue weighted by Gasteiger charge is -2.02. The fourth-order valence-electron chi connectivity index (χ4n) is 1.02. The van der Waals surface area contributed by atoms with Crippen molar-refractivity contribution >= 4 is 34.8 Å². The van der Waals surface area contributed by atoms with Crippen molar-refractivity contribution < 1.29 is 0 Å². The van der Waals surface area contributed by atoms with Gasteiger partial charge in [-0.25, -0.2) is 9.97 Å². The minimum absolute atomic E-state index is 0.142. The molecule has 0 aliphatic heterocycles. The Morgan fingerprint density at radius 3 is 1.93 bits per heavy atom. The second kappa shape index (κ2) is 4.31. The van der Waals surface area contributed by atoms with Gasteiger partial charge >= 0.3 is 0 Å². The van der Waals surface area contributed by atoms with Crippen molar-refractivity contribution in [2.24, 2.45) is 0 Å². The molecule has 0 saturated heterocycles. The van der Waals surface area contributed by atoms with E-state index in [2.05, 4.69) is 15.0 Å². The first-order chi connectivity index (χ1) is 7.18. The van der Waals surface area contributed by atoms with Gasteiger partial charge in [0.2, 0.25) is 0 Å². The topological polar surface area (TPSA) is 38.7 Å². The third-order valence-electron chi connectivity index (χ3n) is 1.71. The highest BCUT2D eigenvalue weighted by Crippen LogP contribution is 2.29. The molecule has 0 saturated carbocycles. The summed E-state index contributed by atoms with van der Waals surface area (Å²) in [5.74, 6) is 0.428. The molecule has 76 valence electrons. The van der Waals surface area contributed by atoms with Crippen LogP contribution in [-0.2, 0) is 0 Å². The highest BCUT2D eigenvalue weighted by molar-refractivity contribution is 6.46. The molecule has 0 fully saturated rings. The number of aromatic nitrogens is 3. The van der Waals surface area contributed by atoms with Crippen molar-refractivity contribution in [1.82, 2.24) is 15.0 Å². The summed E-state index contributed by atoms with van der Waals surface area (Å²) in [7, 11) is 0. The number of pyridine rings is 1. The minimum atomic E-state index is 0.142. The van der Waals surface area contributed by atoms with Crippen LogP contribution < -0.4 is 0 Å². The summed E-state index contributed by atoms with van der Waals surface area (Å²) in [4.78, 5) is 11.9. The number of halogens is 3. The molecule has 0 aliphatic rings. The Morgan fingerprint density at radius 1 is 0.867 bits per heavy atom. The van der Waals surface area contributed by atoms with Crippen LogP contribution in [0.3, 0.4) is 0 Å². The molecule has 0 aromatic carbocycles. The summed E-state index contributed by atoms with van der Waals surface area (Å²) in [5, 5.41) is 0.447.